The number of aryl methyl sites for hydroxylation is 1. The quantitative estimate of drug-likeness (QED) is 0.890. The van der Waals surface area contributed by atoms with Crippen molar-refractivity contribution in [2.45, 2.75) is 26.2 Å². The summed E-state index contributed by atoms with van der Waals surface area (Å²) in [5, 5.41) is 6.00. The number of rotatable bonds is 4. The van der Waals surface area contributed by atoms with Gasteiger partial charge in [-0.1, -0.05) is 0 Å². The number of nitrogens with one attached hydrogen (secondary N) is 2. The lowest BCUT2D eigenvalue weighted by atomic mass is 9.95. The molecule has 0 unspecified atom stereocenters. The van der Waals surface area contributed by atoms with Crippen molar-refractivity contribution in [3.63, 3.8) is 0 Å². The summed E-state index contributed by atoms with van der Waals surface area (Å²) in [6, 6.07) is 2.02. The Bertz CT molecular complexity index is 485. The Hall–Kier alpha value is -1.49. The van der Waals surface area contributed by atoms with E-state index in [-0.39, 0.29) is 11.1 Å². The van der Waals surface area contributed by atoms with E-state index < -0.39 is 17.5 Å². The molecule has 0 spiro atoms. The molecule has 0 bridgehead atoms. The maximum atomic E-state index is 13.6. The van der Waals surface area contributed by atoms with E-state index in [1.165, 1.54) is 13.0 Å². The van der Waals surface area contributed by atoms with Crippen LogP contribution >= 0.6 is 0 Å². The first kappa shape index (κ1) is 14.9. The molecule has 1 aliphatic rings. The van der Waals surface area contributed by atoms with Crippen molar-refractivity contribution in [2.24, 2.45) is 5.92 Å². The molecule has 2 N–H and O–H groups in total. The zero-order valence-electron chi connectivity index (χ0n) is 11.6. The third-order valence-corrected chi connectivity index (χ3v) is 3.79. The van der Waals surface area contributed by atoms with Gasteiger partial charge in [-0.25, -0.2) is 8.78 Å². The lowest BCUT2D eigenvalue weighted by Crippen LogP contribution is -2.31. The molecule has 1 fully saturated rings. The fourth-order valence-corrected chi connectivity index (χ4v) is 2.49. The molecule has 1 saturated heterocycles. The van der Waals surface area contributed by atoms with Crippen LogP contribution < -0.4 is 10.6 Å². The summed E-state index contributed by atoms with van der Waals surface area (Å²) < 4.78 is 26.7. The average Bonchev–Trinajstić information content (AvgIpc) is 2.44. The standard InChI is InChI=1S/C15H20F2N2O/c1-10-8-12(14(17)9-13(10)16)15(20)19-7-4-11-2-5-18-6-3-11/h8-9,11,18H,2-7H2,1H3,(H,19,20). The molecule has 1 heterocycles. The van der Waals surface area contributed by atoms with Gasteiger partial charge in [-0.05, 0) is 56.8 Å². The maximum Gasteiger partial charge on any atom is 0.254 e. The lowest BCUT2D eigenvalue weighted by Gasteiger charge is -2.22. The minimum Gasteiger partial charge on any atom is -0.352 e. The molecular weight excluding hydrogens is 262 g/mol. The van der Waals surface area contributed by atoms with Gasteiger partial charge in [-0.3, -0.25) is 4.79 Å². The molecule has 1 aromatic carbocycles. The van der Waals surface area contributed by atoms with Gasteiger partial charge in [0.25, 0.3) is 5.91 Å². The smallest absolute Gasteiger partial charge is 0.254 e. The lowest BCUT2D eigenvalue weighted by molar-refractivity contribution is 0.0946. The normalized spacial score (nSPS) is 16.1. The highest BCUT2D eigenvalue weighted by molar-refractivity contribution is 5.94. The van der Waals surface area contributed by atoms with Crippen LogP contribution in [0.15, 0.2) is 12.1 Å². The number of piperidine rings is 1. The third kappa shape index (κ3) is 3.76. The van der Waals surface area contributed by atoms with Crippen LogP contribution in [0.5, 0.6) is 0 Å². The zero-order valence-corrected chi connectivity index (χ0v) is 11.6. The van der Waals surface area contributed by atoms with Crippen molar-refractivity contribution in [3.05, 3.63) is 34.9 Å². The number of amides is 1. The molecule has 110 valence electrons. The van der Waals surface area contributed by atoms with Gasteiger partial charge in [-0.2, -0.15) is 0 Å². The molecule has 0 atom stereocenters. The van der Waals surface area contributed by atoms with Crippen molar-refractivity contribution in [1.29, 1.82) is 0 Å². The second-order valence-electron chi connectivity index (χ2n) is 5.32. The number of hydrogen-bond donors (Lipinski definition) is 2. The van der Waals surface area contributed by atoms with Crippen molar-refractivity contribution in [1.82, 2.24) is 10.6 Å². The van der Waals surface area contributed by atoms with Gasteiger partial charge in [0.1, 0.15) is 11.6 Å². The van der Waals surface area contributed by atoms with Gasteiger partial charge in [0.15, 0.2) is 0 Å². The van der Waals surface area contributed by atoms with Crippen LogP contribution in [-0.4, -0.2) is 25.5 Å². The largest absolute Gasteiger partial charge is 0.352 e. The Kier molecular flexibility index (Phi) is 5.06. The van der Waals surface area contributed by atoms with Gasteiger partial charge in [-0.15, -0.1) is 0 Å². The summed E-state index contributed by atoms with van der Waals surface area (Å²) in [5.74, 6) is -1.31. The van der Waals surface area contributed by atoms with Gasteiger partial charge in [0.05, 0.1) is 5.56 Å². The molecule has 1 amide bonds. The Morgan fingerprint density at radius 2 is 2.00 bits per heavy atom. The molecule has 2 rings (SSSR count). The minimum absolute atomic E-state index is 0.0887. The number of halogens is 2. The van der Waals surface area contributed by atoms with Crippen LogP contribution in [0.4, 0.5) is 8.78 Å². The minimum atomic E-state index is -0.813. The molecule has 0 aromatic heterocycles. The van der Waals surface area contributed by atoms with E-state index in [1.54, 1.807) is 0 Å². The summed E-state index contributed by atoms with van der Waals surface area (Å²) in [6.07, 6.45) is 3.12. The summed E-state index contributed by atoms with van der Waals surface area (Å²) >= 11 is 0. The Labute approximate surface area is 117 Å². The van der Waals surface area contributed by atoms with Gasteiger partial charge in [0.2, 0.25) is 0 Å². The molecule has 1 aliphatic heterocycles. The van der Waals surface area contributed by atoms with E-state index >= 15 is 0 Å². The first-order chi connectivity index (χ1) is 9.58. The molecule has 0 aliphatic carbocycles. The van der Waals surface area contributed by atoms with Crippen LogP contribution in [0.3, 0.4) is 0 Å². The SMILES string of the molecule is Cc1cc(C(=O)NCCC2CCNCC2)c(F)cc1F. The third-order valence-electron chi connectivity index (χ3n) is 3.79. The molecule has 3 nitrogen and oxygen atoms in total. The van der Waals surface area contributed by atoms with Crippen LogP contribution in [0.25, 0.3) is 0 Å². The van der Waals surface area contributed by atoms with Gasteiger partial charge < -0.3 is 10.6 Å². The molecular formula is C15H20F2N2O. The van der Waals surface area contributed by atoms with Crippen LogP contribution in [0.2, 0.25) is 0 Å². The predicted octanol–water partition coefficient (Wildman–Crippen LogP) is 2.39. The van der Waals surface area contributed by atoms with Crippen LogP contribution in [-0.2, 0) is 0 Å². The van der Waals surface area contributed by atoms with E-state index in [4.69, 9.17) is 0 Å². The van der Waals surface area contributed by atoms with Crippen molar-refractivity contribution >= 4 is 5.91 Å². The molecule has 5 heteroatoms. The highest BCUT2D eigenvalue weighted by atomic mass is 19.1. The van der Waals surface area contributed by atoms with Gasteiger partial charge in [0, 0.05) is 12.6 Å². The summed E-state index contributed by atoms with van der Waals surface area (Å²) in [7, 11) is 0. The van der Waals surface area contributed by atoms with E-state index in [0.717, 1.165) is 38.4 Å². The first-order valence-electron chi connectivity index (χ1n) is 7.02. The second kappa shape index (κ2) is 6.79. The van der Waals surface area contributed by atoms with Crippen molar-refractivity contribution in [3.8, 4) is 0 Å². The maximum absolute atomic E-state index is 13.6. The molecule has 0 radical (unpaired) electrons. The average molecular weight is 282 g/mol. The van der Waals surface area contributed by atoms with Crippen LogP contribution in [0, 0.1) is 24.5 Å². The van der Waals surface area contributed by atoms with E-state index in [1.807, 2.05) is 0 Å². The van der Waals surface area contributed by atoms with E-state index in [0.29, 0.717) is 12.5 Å². The number of hydrogen-bond acceptors (Lipinski definition) is 2. The topological polar surface area (TPSA) is 41.1 Å². The van der Waals surface area contributed by atoms with E-state index in [9.17, 15) is 13.6 Å². The fraction of sp³-hybridized carbons (Fsp3) is 0.533. The summed E-state index contributed by atoms with van der Waals surface area (Å²) in [4.78, 5) is 11.9. The highest BCUT2D eigenvalue weighted by Crippen LogP contribution is 2.16. The van der Waals surface area contributed by atoms with E-state index in [2.05, 4.69) is 10.6 Å². The zero-order chi connectivity index (χ0) is 14.5. The Morgan fingerprint density at radius 3 is 2.70 bits per heavy atom. The fourth-order valence-electron chi connectivity index (χ4n) is 2.49. The Balaban J connectivity index is 1.87. The predicted molar refractivity (Wildman–Crippen MR) is 73.6 cm³/mol. The number of carbonyl (C=O) groups excluding carboxylic acids is 1. The molecule has 1 aromatic rings. The monoisotopic (exact) mass is 282 g/mol. The highest BCUT2D eigenvalue weighted by Gasteiger charge is 2.16. The van der Waals surface area contributed by atoms with Crippen LogP contribution in [0.1, 0.15) is 35.2 Å². The first-order valence-corrected chi connectivity index (χ1v) is 7.02. The number of carbonyl (C=O) groups is 1. The Morgan fingerprint density at radius 1 is 1.30 bits per heavy atom. The number of benzene rings is 1. The summed E-state index contributed by atoms with van der Waals surface area (Å²) in [6.45, 7) is 4.08. The van der Waals surface area contributed by atoms with Crippen molar-refractivity contribution < 1.29 is 13.6 Å². The second-order valence-corrected chi connectivity index (χ2v) is 5.32. The summed E-state index contributed by atoms with van der Waals surface area (Å²) in [5.41, 5.74) is 0.184. The molecule has 20 heavy (non-hydrogen) atoms. The molecule has 0 saturated carbocycles. The van der Waals surface area contributed by atoms with Gasteiger partial charge >= 0.3 is 0 Å². The van der Waals surface area contributed by atoms with Crippen molar-refractivity contribution in [2.75, 3.05) is 19.6 Å².